The van der Waals surface area contributed by atoms with Crippen LogP contribution >= 0.6 is 0 Å². The highest BCUT2D eigenvalue weighted by Gasteiger charge is 2.19. The molecule has 0 saturated carbocycles. The zero-order valence-corrected chi connectivity index (χ0v) is 11.3. The number of hydrogen-bond acceptors (Lipinski definition) is 4. The molecule has 3 N–H and O–H groups in total. The monoisotopic (exact) mass is 273 g/mol. The van der Waals surface area contributed by atoms with E-state index < -0.39 is 11.9 Å². The molecule has 104 valence electrons. The lowest BCUT2D eigenvalue weighted by Crippen LogP contribution is -2.32. The van der Waals surface area contributed by atoms with E-state index in [9.17, 15) is 9.59 Å². The molecule has 0 saturated heterocycles. The molecule has 0 aliphatic heterocycles. The van der Waals surface area contributed by atoms with Crippen molar-refractivity contribution < 1.29 is 14.7 Å². The molecule has 0 radical (unpaired) electrons. The van der Waals surface area contributed by atoms with Crippen LogP contribution in [0.25, 0.3) is 10.8 Å². The molecule has 0 atom stereocenters. The molecule has 2 aromatic rings. The molecule has 1 heterocycles. The highest BCUT2D eigenvalue weighted by molar-refractivity contribution is 6.08. The second-order valence-electron chi connectivity index (χ2n) is 4.61. The molecule has 1 amide bonds. The van der Waals surface area contributed by atoms with E-state index in [-0.39, 0.29) is 12.2 Å². The zero-order chi connectivity index (χ0) is 14.9. The van der Waals surface area contributed by atoms with Gasteiger partial charge in [0.15, 0.2) is 0 Å². The van der Waals surface area contributed by atoms with E-state index in [2.05, 4.69) is 4.98 Å². The van der Waals surface area contributed by atoms with Crippen molar-refractivity contribution in [1.82, 2.24) is 9.88 Å². The smallest absolute Gasteiger partial charge is 0.323 e. The standard InChI is InChI=1S/C14H15N3O3/c1-8-6-10-9(4-3-5-11(10)15)13(16-8)14(20)17(2)7-12(18)19/h3-6H,7,15H2,1-2H3,(H,18,19). The Morgan fingerprint density at radius 2 is 2.05 bits per heavy atom. The first-order chi connectivity index (χ1) is 9.40. The number of carboxylic acid groups (broad SMARTS) is 1. The normalized spacial score (nSPS) is 10.5. The number of benzene rings is 1. The van der Waals surface area contributed by atoms with Crippen LogP contribution in [0.5, 0.6) is 0 Å². The molecule has 0 bridgehead atoms. The van der Waals surface area contributed by atoms with Crippen LogP contribution in [0.15, 0.2) is 24.3 Å². The van der Waals surface area contributed by atoms with Crippen LogP contribution < -0.4 is 5.73 Å². The van der Waals surface area contributed by atoms with Gasteiger partial charge in [0.05, 0.1) is 0 Å². The Morgan fingerprint density at radius 3 is 2.70 bits per heavy atom. The van der Waals surface area contributed by atoms with Crippen molar-refractivity contribution in [2.45, 2.75) is 6.92 Å². The number of nitrogens with zero attached hydrogens (tertiary/aromatic N) is 2. The maximum Gasteiger partial charge on any atom is 0.323 e. The van der Waals surface area contributed by atoms with E-state index in [0.717, 1.165) is 10.3 Å². The molecule has 0 aliphatic carbocycles. The van der Waals surface area contributed by atoms with E-state index in [1.54, 1.807) is 31.2 Å². The summed E-state index contributed by atoms with van der Waals surface area (Å²) >= 11 is 0. The van der Waals surface area contributed by atoms with Gasteiger partial charge in [0.25, 0.3) is 5.91 Å². The third kappa shape index (κ3) is 2.54. The van der Waals surface area contributed by atoms with Crippen LogP contribution in [-0.4, -0.2) is 40.5 Å². The zero-order valence-electron chi connectivity index (χ0n) is 11.3. The number of carbonyl (C=O) groups is 2. The van der Waals surface area contributed by atoms with Gasteiger partial charge in [-0.25, -0.2) is 4.98 Å². The molecule has 1 aromatic heterocycles. The average molecular weight is 273 g/mol. The maximum absolute atomic E-state index is 12.3. The van der Waals surface area contributed by atoms with Gasteiger partial charge in [-0.05, 0) is 19.1 Å². The summed E-state index contributed by atoms with van der Waals surface area (Å²) < 4.78 is 0. The van der Waals surface area contributed by atoms with Crippen LogP contribution in [0.3, 0.4) is 0 Å². The molecule has 0 aliphatic rings. The summed E-state index contributed by atoms with van der Waals surface area (Å²) in [4.78, 5) is 28.4. The first kappa shape index (κ1) is 13.8. The summed E-state index contributed by atoms with van der Waals surface area (Å²) in [6.07, 6.45) is 0. The maximum atomic E-state index is 12.3. The van der Waals surface area contributed by atoms with Gasteiger partial charge in [-0.1, -0.05) is 12.1 Å². The quantitative estimate of drug-likeness (QED) is 0.821. The largest absolute Gasteiger partial charge is 0.480 e. The Bertz CT molecular complexity index is 697. The molecule has 6 heteroatoms. The third-order valence-electron chi connectivity index (χ3n) is 2.96. The molecular formula is C14H15N3O3. The van der Waals surface area contributed by atoms with E-state index in [4.69, 9.17) is 10.8 Å². The number of aliphatic carboxylic acids is 1. The number of rotatable bonds is 3. The number of amides is 1. The second kappa shape index (κ2) is 5.16. The Hall–Kier alpha value is -2.63. The minimum Gasteiger partial charge on any atom is -0.480 e. The van der Waals surface area contributed by atoms with Crippen LogP contribution in [0.4, 0.5) is 5.69 Å². The van der Waals surface area contributed by atoms with Crippen molar-refractivity contribution in [2.75, 3.05) is 19.3 Å². The molecule has 2 rings (SSSR count). The number of pyridine rings is 1. The number of carboxylic acids is 1. The second-order valence-corrected chi connectivity index (χ2v) is 4.61. The summed E-state index contributed by atoms with van der Waals surface area (Å²) in [7, 11) is 1.43. The molecule has 6 nitrogen and oxygen atoms in total. The fraction of sp³-hybridized carbons (Fsp3) is 0.214. The molecule has 1 aromatic carbocycles. The van der Waals surface area contributed by atoms with E-state index >= 15 is 0 Å². The van der Waals surface area contributed by atoms with Gasteiger partial charge >= 0.3 is 5.97 Å². The van der Waals surface area contributed by atoms with E-state index in [0.29, 0.717) is 16.8 Å². The van der Waals surface area contributed by atoms with Crippen molar-refractivity contribution in [3.63, 3.8) is 0 Å². The number of likely N-dealkylation sites (N-methyl/N-ethyl adjacent to an activating group) is 1. The summed E-state index contributed by atoms with van der Waals surface area (Å²) in [5.41, 5.74) is 7.34. The van der Waals surface area contributed by atoms with E-state index in [1.165, 1.54) is 7.05 Å². The minimum absolute atomic E-state index is 0.219. The third-order valence-corrected chi connectivity index (χ3v) is 2.96. The Labute approximate surface area is 115 Å². The van der Waals surface area contributed by atoms with Gasteiger partial charge in [0.1, 0.15) is 12.2 Å². The lowest BCUT2D eigenvalue weighted by molar-refractivity contribution is -0.137. The highest BCUT2D eigenvalue weighted by Crippen LogP contribution is 2.24. The van der Waals surface area contributed by atoms with Gasteiger partial charge < -0.3 is 15.7 Å². The Morgan fingerprint density at radius 1 is 1.35 bits per heavy atom. The van der Waals surface area contributed by atoms with Crippen molar-refractivity contribution >= 4 is 28.3 Å². The van der Waals surface area contributed by atoms with Crippen molar-refractivity contribution in [3.8, 4) is 0 Å². The van der Waals surface area contributed by atoms with Crippen molar-refractivity contribution in [1.29, 1.82) is 0 Å². The number of nitrogens with two attached hydrogens (primary N) is 1. The van der Waals surface area contributed by atoms with Crippen LogP contribution in [-0.2, 0) is 4.79 Å². The summed E-state index contributed by atoms with van der Waals surface area (Å²) in [6.45, 7) is 1.39. The molecule has 20 heavy (non-hydrogen) atoms. The molecule has 0 spiro atoms. The fourth-order valence-corrected chi connectivity index (χ4v) is 2.05. The topological polar surface area (TPSA) is 96.5 Å². The van der Waals surface area contributed by atoms with E-state index in [1.807, 2.05) is 0 Å². The summed E-state index contributed by atoms with van der Waals surface area (Å²) in [6, 6.07) is 7.04. The summed E-state index contributed by atoms with van der Waals surface area (Å²) in [5.74, 6) is -1.51. The van der Waals surface area contributed by atoms with Gasteiger partial charge in [0, 0.05) is 29.2 Å². The van der Waals surface area contributed by atoms with Crippen LogP contribution in [0.1, 0.15) is 16.2 Å². The van der Waals surface area contributed by atoms with Gasteiger partial charge in [-0.2, -0.15) is 0 Å². The number of carbonyl (C=O) groups excluding carboxylic acids is 1. The predicted octanol–water partition coefficient (Wildman–Crippen LogP) is 1.28. The number of fused-ring (bicyclic) bond motifs is 1. The lowest BCUT2D eigenvalue weighted by Gasteiger charge is -2.16. The number of aromatic nitrogens is 1. The minimum atomic E-state index is -1.07. The number of nitrogen functional groups attached to an aromatic ring is 1. The SMILES string of the molecule is Cc1cc2c(N)cccc2c(C(=O)N(C)CC(=O)O)n1. The Balaban J connectivity index is 2.56. The first-order valence-corrected chi connectivity index (χ1v) is 6.03. The van der Waals surface area contributed by atoms with Crippen molar-refractivity contribution in [2.24, 2.45) is 0 Å². The van der Waals surface area contributed by atoms with Crippen LogP contribution in [0.2, 0.25) is 0 Å². The average Bonchev–Trinajstić information content (AvgIpc) is 2.37. The van der Waals surface area contributed by atoms with Gasteiger partial charge in [-0.15, -0.1) is 0 Å². The molecule has 0 unspecified atom stereocenters. The summed E-state index contributed by atoms with van der Waals surface area (Å²) in [5, 5.41) is 10.1. The fourth-order valence-electron chi connectivity index (χ4n) is 2.05. The van der Waals surface area contributed by atoms with Crippen LogP contribution in [0, 0.1) is 6.92 Å². The predicted molar refractivity (Wildman–Crippen MR) is 75.5 cm³/mol. The molecular weight excluding hydrogens is 258 g/mol. The molecule has 0 fully saturated rings. The number of hydrogen-bond donors (Lipinski definition) is 2. The highest BCUT2D eigenvalue weighted by atomic mass is 16.4. The number of aryl methyl sites for hydroxylation is 1. The van der Waals surface area contributed by atoms with Gasteiger partial charge in [-0.3, -0.25) is 9.59 Å². The first-order valence-electron chi connectivity index (χ1n) is 6.03. The lowest BCUT2D eigenvalue weighted by atomic mass is 10.1. The van der Waals surface area contributed by atoms with Crippen molar-refractivity contribution in [3.05, 3.63) is 35.7 Å². The van der Waals surface area contributed by atoms with Gasteiger partial charge in [0.2, 0.25) is 0 Å². The Kier molecular flexibility index (Phi) is 3.56. The number of anilines is 1.